The molecule has 2 heterocycles. The van der Waals surface area contributed by atoms with E-state index >= 15 is 0 Å². The van der Waals surface area contributed by atoms with Crippen LogP contribution in [-0.2, 0) is 4.79 Å². The number of amides is 1. The van der Waals surface area contributed by atoms with Crippen LogP contribution in [0, 0.1) is 0 Å². The average Bonchev–Trinajstić information content (AvgIpc) is 3.53. The van der Waals surface area contributed by atoms with E-state index in [1.165, 1.54) is 0 Å². The first-order valence-corrected chi connectivity index (χ1v) is 10.3. The van der Waals surface area contributed by atoms with Gasteiger partial charge in [0.05, 0.1) is 6.04 Å². The van der Waals surface area contributed by atoms with Crippen molar-refractivity contribution in [2.75, 3.05) is 18.5 Å². The van der Waals surface area contributed by atoms with E-state index < -0.39 is 0 Å². The van der Waals surface area contributed by atoms with Crippen molar-refractivity contribution >= 4 is 17.4 Å². The van der Waals surface area contributed by atoms with Crippen LogP contribution in [0.15, 0.2) is 42.5 Å². The highest BCUT2D eigenvalue weighted by Gasteiger charge is 2.28. The van der Waals surface area contributed by atoms with E-state index in [0.29, 0.717) is 47.8 Å². The summed E-state index contributed by atoms with van der Waals surface area (Å²) in [7, 11) is 0. The Morgan fingerprint density at radius 1 is 1.03 bits per heavy atom. The van der Waals surface area contributed by atoms with Crippen molar-refractivity contribution in [2.45, 2.75) is 31.7 Å². The van der Waals surface area contributed by atoms with Gasteiger partial charge in [0.15, 0.2) is 23.1 Å². The third-order valence-corrected chi connectivity index (χ3v) is 5.23. The van der Waals surface area contributed by atoms with Crippen LogP contribution >= 0.6 is 0 Å². The van der Waals surface area contributed by atoms with Crippen molar-refractivity contribution in [2.24, 2.45) is 0 Å². The number of carbonyl (C=O) groups is 2. The molecular weight excluding hydrogens is 398 g/mol. The quantitative estimate of drug-likeness (QED) is 0.586. The van der Waals surface area contributed by atoms with Crippen LogP contribution < -0.4 is 14.8 Å². The number of carbonyl (C=O) groups excluding carboxylic acids is 2. The lowest BCUT2D eigenvalue weighted by molar-refractivity contribution is -0.116. The van der Waals surface area contributed by atoms with E-state index in [-0.39, 0.29) is 24.5 Å². The van der Waals surface area contributed by atoms with Crippen molar-refractivity contribution in [3.63, 3.8) is 0 Å². The lowest BCUT2D eigenvalue weighted by atomic mass is 10.1. The largest absolute Gasteiger partial charge is 0.486 e. The smallest absolute Gasteiger partial charge is 0.224 e. The normalized spacial score (nSPS) is 14.8. The molecule has 0 atom stereocenters. The Hall–Kier alpha value is -3.75. The fourth-order valence-corrected chi connectivity index (χ4v) is 3.50. The standard InChI is InChI=1S/C22H21N5O4/c28-18(14-4-8-19-20(13-14)31-11-10-30-19)7-9-21(29)23-16-3-1-2-15(12-16)22-24-25-26-27(22)17-5-6-17/h1-4,8,12-13,17H,5-7,9-11H2,(H,23,29). The molecule has 2 aromatic carbocycles. The van der Waals surface area contributed by atoms with Gasteiger partial charge in [-0.15, -0.1) is 5.10 Å². The minimum absolute atomic E-state index is 0.0807. The monoisotopic (exact) mass is 419 g/mol. The fraction of sp³-hybridized carbons (Fsp3) is 0.318. The highest BCUT2D eigenvalue weighted by Crippen LogP contribution is 2.37. The molecule has 1 N–H and O–H groups in total. The van der Waals surface area contributed by atoms with Crippen LogP contribution in [0.25, 0.3) is 11.4 Å². The average molecular weight is 419 g/mol. The van der Waals surface area contributed by atoms with Gasteiger partial charge in [0.1, 0.15) is 13.2 Å². The van der Waals surface area contributed by atoms with Crippen molar-refractivity contribution in [1.82, 2.24) is 20.2 Å². The number of Topliss-reactive ketones (excluding diaryl/α,β-unsaturated/α-hetero) is 1. The maximum Gasteiger partial charge on any atom is 0.224 e. The molecule has 1 aliphatic carbocycles. The maximum absolute atomic E-state index is 12.5. The molecule has 9 heteroatoms. The molecule has 2 aliphatic rings. The number of nitrogens with zero attached hydrogens (tertiary/aromatic N) is 4. The first kappa shape index (κ1) is 19.2. The Morgan fingerprint density at radius 2 is 1.87 bits per heavy atom. The van der Waals surface area contributed by atoms with Gasteiger partial charge in [-0.25, -0.2) is 4.68 Å². The van der Waals surface area contributed by atoms with Gasteiger partial charge >= 0.3 is 0 Å². The van der Waals surface area contributed by atoms with Crippen LogP contribution in [0.5, 0.6) is 11.5 Å². The summed E-state index contributed by atoms with van der Waals surface area (Å²) in [6.07, 6.45) is 2.33. The number of benzene rings is 2. The van der Waals surface area contributed by atoms with Crippen molar-refractivity contribution < 1.29 is 19.1 Å². The zero-order valence-electron chi connectivity index (χ0n) is 16.8. The van der Waals surface area contributed by atoms with E-state index in [0.717, 1.165) is 18.4 Å². The number of ketones is 1. The number of nitrogens with one attached hydrogen (secondary N) is 1. The van der Waals surface area contributed by atoms with Gasteiger partial charge in [-0.05, 0) is 53.6 Å². The van der Waals surface area contributed by atoms with Gasteiger partial charge in [0, 0.05) is 29.7 Å². The van der Waals surface area contributed by atoms with Crippen LogP contribution in [0.2, 0.25) is 0 Å². The number of fused-ring (bicyclic) bond motifs is 1. The molecule has 31 heavy (non-hydrogen) atoms. The molecule has 1 saturated carbocycles. The van der Waals surface area contributed by atoms with E-state index in [4.69, 9.17) is 9.47 Å². The van der Waals surface area contributed by atoms with Crippen molar-refractivity contribution in [1.29, 1.82) is 0 Å². The maximum atomic E-state index is 12.5. The van der Waals surface area contributed by atoms with Gasteiger partial charge in [-0.2, -0.15) is 0 Å². The molecule has 0 unspecified atom stereocenters. The van der Waals surface area contributed by atoms with Crippen molar-refractivity contribution in [3.05, 3.63) is 48.0 Å². The molecule has 158 valence electrons. The number of ether oxygens (including phenoxy) is 2. The van der Waals surface area contributed by atoms with Gasteiger partial charge < -0.3 is 14.8 Å². The first-order valence-electron chi connectivity index (χ1n) is 10.3. The van der Waals surface area contributed by atoms with Crippen molar-refractivity contribution in [3.8, 4) is 22.9 Å². The summed E-state index contributed by atoms with van der Waals surface area (Å²) in [6.45, 7) is 0.955. The summed E-state index contributed by atoms with van der Waals surface area (Å²) in [5.41, 5.74) is 1.98. The summed E-state index contributed by atoms with van der Waals surface area (Å²) >= 11 is 0. The third-order valence-electron chi connectivity index (χ3n) is 5.23. The number of hydrogen-bond donors (Lipinski definition) is 1. The van der Waals surface area contributed by atoms with E-state index in [2.05, 4.69) is 20.8 Å². The molecule has 0 bridgehead atoms. The second kappa shape index (κ2) is 8.17. The van der Waals surface area contributed by atoms with Gasteiger partial charge in [-0.1, -0.05) is 12.1 Å². The number of aromatic nitrogens is 4. The lowest BCUT2D eigenvalue weighted by Crippen LogP contribution is -2.16. The zero-order chi connectivity index (χ0) is 21.2. The minimum atomic E-state index is -0.232. The zero-order valence-corrected chi connectivity index (χ0v) is 16.8. The molecule has 1 aliphatic heterocycles. The summed E-state index contributed by atoms with van der Waals surface area (Å²) in [4.78, 5) is 24.9. The molecule has 3 aromatic rings. The number of anilines is 1. The number of tetrazole rings is 1. The first-order chi connectivity index (χ1) is 15.2. The molecule has 1 aromatic heterocycles. The predicted octanol–water partition coefficient (Wildman–Crippen LogP) is 3.05. The van der Waals surface area contributed by atoms with Gasteiger partial charge in [-0.3, -0.25) is 9.59 Å². The Balaban J connectivity index is 1.20. The topological polar surface area (TPSA) is 108 Å². The summed E-state index contributed by atoms with van der Waals surface area (Å²) in [5, 5.41) is 14.8. The summed E-state index contributed by atoms with van der Waals surface area (Å²) < 4.78 is 12.8. The van der Waals surface area contributed by atoms with E-state index in [1.807, 2.05) is 22.9 Å². The Kier molecular flexibility index (Phi) is 5.07. The second-order valence-electron chi connectivity index (χ2n) is 7.59. The third kappa shape index (κ3) is 4.25. The van der Waals surface area contributed by atoms with Crippen LogP contribution in [-0.4, -0.2) is 45.1 Å². The molecule has 0 saturated heterocycles. The Bertz CT molecular complexity index is 1140. The molecule has 9 nitrogen and oxygen atoms in total. The SMILES string of the molecule is O=C(CCC(=O)c1ccc2c(c1)OCCO2)Nc1cccc(-c2nnnn2C2CC2)c1. The van der Waals surface area contributed by atoms with Crippen LogP contribution in [0.3, 0.4) is 0 Å². The van der Waals surface area contributed by atoms with E-state index in [9.17, 15) is 9.59 Å². The fourth-order valence-electron chi connectivity index (χ4n) is 3.50. The predicted molar refractivity (Wildman–Crippen MR) is 111 cm³/mol. The van der Waals surface area contributed by atoms with Crippen LogP contribution in [0.4, 0.5) is 5.69 Å². The molecular formula is C22H21N5O4. The minimum Gasteiger partial charge on any atom is -0.486 e. The molecule has 5 rings (SSSR count). The highest BCUT2D eigenvalue weighted by atomic mass is 16.6. The number of rotatable bonds is 7. The second-order valence-corrected chi connectivity index (χ2v) is 7.59. The Labute approximate surface area is 178 Å². The summed E-state index contributed by atoms with van der Waals surface area (Å²) in [5.74, 6) is 1.53. The van der Waals surface area contributed by atoms with Gasteiger partial charge in [0.2, 0.25) is 5.91 Å². The van der Waals surface area contributed by atoms with Gasteiger partial charge in [0.25, 0.3) is 0 Å². The lowest BCUT2D eigenvalue weighted by Gasteiger charge is -2.18. The molecule has 1 amide bonds. The highest BCUT2D eigenvalue weighted by molar-refractivity contribution is 6.00. The molecule has 0 radical (unpaired) electrons. The van der Waals surface area contributed by atoms with Crippen LogP contribution in [0.1, 0.15) is 42.1 Å². The number of hydrogen-bond acceptors (Lipinski definition) is 7. The molecule has 1 fully saturated rings. The molecule has 0 spiro atoms. The van der Waals surface area contributed by atoms with E-state index in [1.54, 1.807) is 24.3 Å². The summed E-state index contributed by atoms with van der Waals surface area (Å²) in [6, 6.07) is 12.8. The Morgan fingerprint density at radius 3 is 2.71 bits per heavy atom.